The highest BCUT2D eigenvalue weighted by molar-refractivity contribution is 14.0. The Morgan fingerprint density at radius 1 is 1.13 bits per heavy atom. The average Bonchev–Trinajstić information content (AvgIpc) is 2.48. The molecule has 140 valence electrons. The molecule has 0 aromatic rings. The van der Waals surface area contributed by atoms with Crippen molar-refractivity contribution in [2.24, 2.45) is 10.9 Å². The molecule has 6 nitrogen and oxygen atoms in total. The average molecular weight is 462 g/mol. The number of rotatable bonds is 11. The predicted molar refractivity (Wildman–Crippen MR) is 110 cm³/mol. The van der Waals surface area contributed by atoms with Crippen molar-refractivity contribution in [2.75, 3.05) is 39.5 Å². The molecule has 23 heavy (non-hydrogen) atoms. The normalized spacial score (nSPS) is 12.4. The van der Waals surface area contributed by atoms with Gasteiger partial charge in [0.1, 0.15) is 0 Å². The molecule has 0 atom stereocenters. The van der Waals surface area contributed by atoms with Gasteiger partial charge in [-0.2, -0.15) is 0 Å². The van der Waals surface area contributed by atoms with Gasteiger partial charge >= 0.3 is 0 Å². The highest BCUT2D eigenvalue weighted by atomic mass is 127. The Kier molecular flexibility index (Phi) is 15.6. The summed E-state index contributed by atoms with van der Waals surface area (Å²) < 4.78 is 24.6. The van der Waals surface area contributed by atoms with Crippen LogP contribution in [0.15, 0.2) is 4.99 Å². The minimum absolute atomic E-state index is 0. The molecule has 0 saturated carbocycles. The van der Waals surface area contributed by atoms with Gasteiger partial charge in [0.05, 0.1) is 5.75 Å². The van der Waals surface area contributed by atoms with E-state index in [1.54, 1.807) is 21.0 Å². The van der Waals surface area contributed by atoms with Gasteiger partial charge in [-0.15, -0.1) is 24.0 Å². The maximum atomic E-state index is 11.6. The highest BCUT2D eigenvalue weighted by Gasteiger charge is 2.13. The number of halogens is 1. The molecular formula is C15H35IN4O2S. The van der Waals surface area contributed by atoms with Crippen LogP contribution in [0.2, 0.25) is 0 Å². The zero-order chi connectivity index (χ0) is 17.0. The quantitative estimate of drug-likeness (QED) is 0.214. The molecule has 0 radical (unpaired) electrons. The largest absolute Gasteiger partial charge is 0.356 e. The first-order valence-corrected chi connectivity index (χ1v) is 9.83. The number of nitrogens with one attached hydrogen (secondary N) is 2. The fourth-order valence-corrected chi connectivity index (χ4v) is 2.82. The number of unbranched alkanes of at least 4 members (excludes halogenated alkanes) is 1. The van der Waals surface area contributed by atoms with Crippen LogP contribution in [0.3, 0.4) is 0 Å². The summed E-state index contributed by atoms with van der Waals surface area (Å²) in [6, 6.07) is 0. The van der Waals surface area contributed by atoms with E-state index in [-0.39, 0.29) is 29.7 Å². The third-order valence-corrected chi connectivity index (χ3v) is 5.37. The van der Waals surface area contributed by atoms with Gasteiger partial charge in [0.2, 0.25) is 10.0 Å². The Bertz CT molecular complexity index is 414. The lowest BCUT2D eigenvalue weighted by Gasteiger charge is -2.17. The summed E-state index contributed by atoms with van der Waals surface area (Å²) in [5.74, 6) is 1.69. The van der Waals surface area contributed by atoms with Crippen LogP contribution in [-0.2, 0) is 10.0 Å². The fraction of sp³-hybridized carbons (Fsp3) is 0.933. The van der Waals surface area contributed by atoms with E-state index in [9.17, 15) is 8.42 Å². The summed E-state index contributed by atoms with van der Waals surface area (Å²) in [5.41, 5.74) is 0. The zero-order valence-corrected chi connectivity index (χ0v) is 18.4. The van der Waals surface area contributed by atoms with E-state index >= 15 is 0 Å². The van der Waals surface area contributed by atoms with E-state index in [2.05, 4.69) is 29.5 Å². The lowest BCUT2D eigenvalue weighted by atomic mass is 10.1. The highest BCUT2D eigenvalue weighted by Crippen LogP contribution is 2.05. The lowest BCUT2D eigenvalue weighted by molar-refractivity contribution is 0.461. The monoisotopic (exact) mass is 462 g/mol. The van der Waals surface area contributed by atoms with Crippen LogP contribution in [-0.4, -0.2) is 58.2 Å². The number of hydrogen-bond donors (Lipinski definition) is 2. The van der Waals surface area contributed by atoms with Gasteiger partial charge in [0.25, 0.3) is 0 Å². The smallest absolute Gasteiger partial charge is 0.213 e. The van der Waals surface area contributed by atoms with Crippen LogP contribution in [0, 0.1) is 5.92 Å². The molecule has 0 aromatic carbocycles. The molecule has 0 spiro atoms. The second kappa shape index (κ2) is 14.3. The Hall–Kier alpha value is -0.0900. The number of guanidine groups is 1. The van der Waals surface area contributed by atoms with Crippen molar-refractivity contribution < 1.29 is 8.42 Å². The van der Waals surface area contributed by atoms with Crippen LogP contribution in [0.5, 0.6) is 0 Å². The fourth-order valence-electron chi connectivity index (χ4n) is 1.97. The maximum Gasteiger partial charge on any atom is 0.213 e. The summed E-state index contributed by atoms with van der Waals surface area (Å²) in [6.45, 7) is 8.28. The second-order valence-corrected chi connectivity index (χ2v) is 8.26. The molecule has 0 unspecified atom stereocenters. The van der Waals surface area contributed by atoms with Crippen molar-refractivity contribution in [3.8, 4) is 0 Å². The molecule has 8 heteroatoms. The minimum Gasteiger partial charge on any atom is -0.356 e. The Labute approximate surface area is 160 Å². The number of hydrogen-bond acceptors (Lipinski definition) is 3. The molecule has 0 amide bonds. The first kappa shape index (κ1) is 25.2. The van der Waals surface area contributed by atoms with Crippen LogP contribution >= 0.6 is 24.0 Å². The second-order valence-electron chi connectivity index (χ2n) is 5.89. The van der Waals surface area contributed by atoms with Crippen LogP contribution < -0.4 is 10.6 Å². The first-order valence-electron chi connectivity index (χ1n) is 8.22. The van der Waals surface area contributed by atoms with Crippen LogP contribution in [0.25, 0.3) is 0 Å². The first-order chi connectivity index (χ1) is 10.3. The molecule has 0 aliphatic carbocycles. The lowest BCUT2D eigenvalue weighted by Crippen LogP contribution is -2.39. The third-order valence-electron chi connectivity index (χ3n) is 3.51. The van der Waals surface area contributed by atoms with E-state index in [0.29, 0.717) is 13.1 Å². The summed E-state index contributed by atoms with van der Waals surface area (Å²) in [7, 11) is 0.300. The van der Waals surface area contributed by atoms with Crippen molar-refractivity contribution in [2.45, 2.75) is 46.5 Å². The Morgan fingerprint density at radius 3 is 2.17 bits per heavy atom. The topological polar surface area (TPSA) is 73.8 Å². The zero-order valence-electron chi connectivity index (χ0n) is 15.3. The van der Waals surface area contributed by atoms with Gasteiger partial charge in [0.15, 0.2) is 5.96 Å². The van der Waals surface area contributed by atoms with Gasteiger partial charge in [-0.3, -0.25) is 4.99 Å². The maximum absolute atomic E-state index is 11.6. The Morgan fingerprint density at radius 2 is 1.70 bits per heavy atom. The van der Waals surface area contributed by atoms with Crippen LogP contribution in [0.1, 0.15) is 46.5 Å². The molecule has 0 fully saturated rings. The molecule has 0 aliphatic rings. The van der Waals surface area contributed by atoms with Crippen molar-refractivity contribution in [3.63, 3.8) is 0 Å². The van der Waals surface area contributed by atoms with E-state index in [0.717, 1.165) is 31.3 Å². The standard InChI is InChI=1S/C15H34N4O2S.HI/c1-6-22(20,21)19(5)13-9-12-18-15(16-4)17-11-8-7-10-14(2)3;/h14H,6-13H2,1-5H3,(H2,16,17,18);1H. The molecule has 0 bridgehead atoms. The van der Waals surface area contributed by atoms with E-state index in [1.165, 1.54) is 17.1 Å². The van der Waals surface area contributed by atoms with E-state index < -0.39 is 10.0 Å². The number of aliphatic imine (C=N–C) groups is 1. The molecule has 0 rings (SSSR count). The minimum atomic E-state index is -3.07. The predicted octanol–water partition coefficient (Wildman–Crippen LogP) is 2.27. The van der Waals surface area contributed by atoms with Crippen LogP contribution in [0.4, 0.5) is 0 Å². The SMILES string of the molecule is CCS(=O)(=O)N(C)CCCNC(=NC)NCCCCC(C)C.I. The van der Waals surface area contributed by atoms with Crippen molar-refractivity contribution in [1.82, 2.24) is 14.9 Å². The van der Waals surface area contributed by atoms with Gasteiger partial charge < -0.3 is 10.6 Å². The van der Waals surface area contributed by atoms with E-state index in [1.807, 2.05) is 0 Å². The van der Waals surface area contributed by atoms with Crippen molar-refractivity contribution in [1.29, 1.82) is 0 Å². The van der Waals surface area contributed by atoms with Crippen molar-refractivity contribution >= 4 is 40.0 Å². The summed E-state index contributed by atoms with van der Waals surface area (Å²) in [6.07, 6.45) is 4.37. The molecular weight excluding hydrogens is 427 g/mol. The van der Waals surface area contributed by atoms with Gasteiger partial charge in [-0.1, -0.05) is 26.7 Å². The summed E-state index contributed by atoms with van der Waals surface area (Å²) >= 11 is 0. The Balaban J connectivity index is 0. The van der Waals surface area contributed by atoms with Gasteiger partial charge in [-0.05, 0) is 25.7 Å². The summed E-state index contributed by atoms with van der Waals surface area (Å²) in [4.78, 5) is 4.16. The van der Waals surface area contributed by atoms with Gasteiger partial charge in [0, 0.05) is 33.7 Å². The molecule has 0 aromatic heterocycles. The number of nitrogens with zero attached hydrogens (tertiary/aromatic N) is 2. The molecule has 0 heterocycles. The van der Waals surface area contributed by atoms with Crippen molar-refractivity contribution in [3.05, 3.63) is 0 Å². The molecule has 0 saturated heterocycles. The summed E-state index contributed by atoms with van der Waals surface area (Å²) in [5, 5.41) is 6.49. The van der Waals surface area contributed by atoms with E-state index in [4.69, 9.17) is 0 Å². The molecule has 2 N–H and O–H groups in total. The van der Waals surface area contributed by atoms with Gasteiger partial charge in [-0.25, -0.2) is 12.7 Å². The molecule has 0 aliphatic heterocycles. The third kappa shape index (κ3) is 12.9. The number of sulfonamides is 1.